The Kier molecular flexibility index (Phi) is 4.16. The van der Waals surface area contributed by atoms with E-state index in [2.05, 4.69) is 31.6 Å². The summed E-state index contributed by atoms with van der Waals surface area (Å²) < 4.78 is 2.28. The number of piperidine rings is 1. The maximum atomic E-state index is 12.5. The third-order valence-electron chi connectivity index (χ3n) is 4.98. The summed E-state index contributed by atoms with van der Waals surface area (Å²) in [6, 6.07) is 2.11. The predicted octanol–water partition coefficient (Wildman–Crippen LogP) is 2.62. The summed E-state index contributed by atoms with van der Waals surface area (Å²) in [5.74, 6) is 2.86. The average molecular weight is 330 g/mol. The summed E-state index contributed by atoms with van der Waals surface area (Å²) in [4.78, 5) is 14.6. The molecule has 2 aromatic heterocycles. The summed E-state index contributed by atoms with van der Waals surface area (Å²) in [5, 5.41) is 12.9. The first-order valence-electron chi connectivity index (χ1n) is 8.52. The molecule has 2 aliphatic rings. The monoisotopic (exact) mass is 330 g/mol. The van der Waals surface area contributed by atoms with Crippen LogP contribution in [0.15, 0.2) is 16.8 Å². The lowest BCUT2D eigenvalue weighted by molar-refractivity contribution is -0.132. The second-order valence-corrected chi connectivity index (χ2v) is 7.32. The van der Waals surface area contributed by atoms with Crippen molar-refractivity contribution in [3.8, 4) is 0 Å². The van der Waals surface area contributed by atoms with E-state index in [4.69, 9.17) is 0 Å². The van der Waals surface area contributed by atoms with Crippen LogP contribution in [0.25, 0.3) is 0 Å². The van der Waals surface area contributed by atoms with Gasteiger partial charge in [0.05, 0.1) is 0 Å². The van der Waals surface area contributed by atoms with Gasteiger partial charge in [-0.1, -0.05) is 0 Å². The highest BCUT2D eigenvalue weighted by Gasteiger charge is 2.29. The number of thiophene rings is 1. The number of aromatic nitrogens is 3. The molecule has 2 aliphatic heterocycles. The summed E-state index contributed by atoms with van der Waals surface area (Å²) in [6.07, 6.45) is 5.87. The van der Waals surface area contributed by atoms with Gasteiger partial charge >= 0.3 is 0 Å². The first kappa shape index (κ1) is 14.9. The first-order valence-corrected chi connectivity index (χ1v) is 9.46. The Bertz CT molecular complexity index is 679. The van der Waals surface area contributed by atoms with Gasteiger partial charge in [0.2, 0.25) is 5.91 Å². The van der Waals surface area contributed by atoms with Gasteiger partial charge in [0.15, 0.2) is 0 Å². The Morgan fingerprint density at radius 3 is 3.13 bits per heavy atom. The molecule has 0 aliphatic carbocycles. The number of rotatable bonds is 4. The third-order valence-corrected chi connectivity index (χ3v) is 5.72. The molecule has 4 rings (SSSR count). The predicted molar refractivity (Wildman–Crippen MR) is 89.5 cm³/mol. The van der Waals surface area contributed by atoms with Gasteiger partial charge < -0.3 is 9.47 Å². The Morgan fingerprint density at radius 1 is 1.30 bits per heavy atom. The number of hydrogen-bond acceptors (Lipinski definition) is 4. The molecule has 0 radical (unpaired) electrons. The molecule has 0 unspecified atom stereocenters. The third kappa shape index (κ3) is 3.04. The number of nitrogens with zero attached hydrogens (tertiary/aromatic N) is 4. The maximum Gasteiger partial charge on any atom is 0.222 e. The van der Waals surface area contributed by atoms with E-state index >= 15 is 0 Å². The molecule has 1 saturated heterocycles. The van der Waals surface area contributed by atoms with Gasteiger partial charge in [0.25, 0.3) is 0 Å². The van der Waals surface area contributed by atoms with Gasteiger partial charge in [-0.25, -0.2) is 0 Å². The quantitative estimate of drug-likeness (QED) is 0.866. The maximum absolute atomic E-state index is 12.5. The highest BCUT2D eigenvalue weighted by atomic mass is 32.1. The molecule has 1 atom stereocenters. The van der Waals surface area contributed by atoms with Crippen molar-refractivity contribution in [1.82, 2.24) is 19.7 Å². The van der Waals surface area contributed by atoms with Crippen molar-refractivity contribution in [1.29, 1.82) is 0 Å². The molecule has 2 aromatic rings. The van der Waals surface area contributed by atoms with E-state index in [1.165, 1.54) is 12.0 Å². The van der Waals surface area contributed by atoms with Crippen LogP contribution in [0.5, 0.6) is 0 Å². The van der Waals surface area contributed by atoms with Crippen LogP contribution >= 0.6 is 11.3 Å². The smallest absolute Gasteiger partial charge is 0.222 e. The minimum Gasteiger partial charge on any atom is -0.342 e. The fourth-order valence-corrected chi connectivity index (χ4v) is 4.44. The van der Waals surface area contributed by atoms with Crippen LogP contribution in [0.3, 0.4) is 0 Å². The lowest BCUT2D eigenvalue weighted by atomic mass is 9.96. The van der Waals surface area contributed by atoms with E-state index in [1.54, 1.807) is 11.3 Å². The van der Waals surface area contributed by atoms with Gasteiger partial charge in [-0.05, 0) is 48.1 Å². The van der Waals surface area contributed by atoms with E-state index in [0.717, 1.165) is 57.0 Å². The molecule has 0 saturated carbocycles. The number of amides is 1. The number of likely N-dealkylation sites (tertiary alicyclic amines) is 1. The summed E-state index contributed by atoms with van der Waals surface area (Å²) in [7, 11) is 0. The Balaban J connectivity index is 1.39. The van der Waals surface area contributed by atoms with Crippen LogP contribution in [-0.2, 0) is 24.2 Å². The highest BCUT2D eigenvalue weighted by Crippen LogP contribution is 2.28. The summed E-state index contributed by atoms with van der Waals surface area (Å²) >= 11 is 1.69. The van der Waals surface area contributed by atoms with Crippen LogP contribution < -0.4 is 0 Å². The van der Waals surface area contributed by atoms with Crippen LogP contribution in [-0.4, -0.2) is 38.7 Å². The standard InChI is InChI=1S/C17H22N4OS/c22-16(6-5-13-7-10-23-12-13)20-8-1-3-14(11-20)17-19-18-15-4-2-9-21(15)17/h7,10,12,14H,1-6,8-9,11H2/t14-/m1/s1. The number of carbonyl (C=O) groups excluding carboxylic acids is 1. The van der Waals surface area contributed by atoms with Gasteiger partial charge in [-0.15, -0.1) is 10.2 Å². The van der Waals surface area contributed by atoms with Gasteiger partial charge in [-0.3, -0.25) is 4.79 Å². The number of hydrogen-bond donors (Lipinski definition) is 0. The zero-order valence-electron chi connectivity index (χ0n) is 13.3. The lowest BCUT2D eigenvalue weighted by Gasteiger charge is -2.32. The zero-order valence-corrected chi connectivity index (χ0v) is 14.1. The van der Waals surface area contributed by atoms with Gasteiger partial charge in [0.1, 0.15) is 11.6 Å². The van der Waals surface area contributed by atoms with Crippen LogP contribution in [0.4, 0.5) is 0 Å². The van der Waals surface area contributed by atoms with Crippen molar-refractivity contribution in [3.05, 3.63) is 34.0 Å². The van der Waals surface area contributed by atoms with Crippen molar-refractivity contribution < 1.29 is 4.79 Å². The van der Waals surface area contributed by atoms with Crippen LogP contribution in [0.1, 0.15) is 48.8 Å². The van der Waals surface area contributed by atoms with E-state index in [9.17, 15) is 4.79 Å². The fourth-order valence-electron chi connectivity index (χ4n) is 3.73. The molecular weight excluding hydrogens is 308 g/mol. The molecule has 1 fully saturated rings. The highest BCUT2D eigenvalue weighted by molar-refractivity contribution is 7.07. The normalized spacial score (nSPS) is 20.7. The number of fused-ring (bicyclic) bond motifs is 1. The fraction of sp³-hybridized carbons (Fsp3) is 0.588. The summed E-state index contributed by atoms with van der Waals surface area (Å²) in [5.41, 5.74) is 1.27. The molecule has 4 heterocycles. The van der Waals surface area contributed by atoms with Gasteiger partial charge in [-0.2, -0.15) is 11.3 Å². The number of aryl methyl sites for hydroxylation is 2. The molecule has 0 N–H and O–H groups in total. The lowest BCUT2D eigenvalue weighted by Crippen LogP contribution is -2.39. The SMILES string of the molecule is O=C(CCc1ccsc1)N1CCC[C@@H](c2nnc3n2CCC3)C1. The second kappa shape index (κ2) is 6.43. The topological polar surface area (TPSA) is 51.0 Å². The minimum atomic E-state index is 0.280. The van der Waals surface area contributed by atoms with E-state index in [0.29, 0.717) is 12.3 Å². The summed E-state index contributed by atoms with van der Waals surface area (Å²) in [6.45, 7) is 2.74. The van der Waals surface area contributed by atoms with Gasteiger partial charge in [0, 0.05) is 38.4 Å². The van der Waals surface area contributed by atoms with E-state index in [1.807, 2.05) is 4.90 Å². The molecule has 0 aromatic carbocycles. The minimum absolute atomic E-state index is 0.280. The van der Waals surface area contributed by atoms with Crippen molar-refractivity contribution in [3.63, 3.8) is 0 Å². The first-order chi connectivity index (χ1) is 11.3. The van der Waals surface area contributed by atoms with Crippen molar-refractivity contribution in [2.75, 3.05) is 13.1 Å². The molecule has 23 heavy (non-hydrogen) atoms. The van der Waals surface area contributed by atoms with Crippen molar-refractivity contribution in [2.45, 2.75) is 51.0 Å². The molecule has 122 valence electrons. The largest absolute Gasteiger partial charge is 0.342 e. The Labute approximate surface area is 140 Å². The van der Waals surface area contributed by atoms with Crippen molar-refractivity contribution >= 4 is 17.2 Å². The van der Waals surface area contributed by atoms with Crippen LogP contribution in [0.2, 0.25) is 0 Å². The van der Waals surface area contributed by atoms with Crippen LogP contribution in [0, 0.1) is 0 Å². The molecule has 0 spiro atoms. The average Bonchev–Trinajstić information content (AvgIpc) is 3.30. The molecule has 5 nitrogen and oxygen atoms in total. The zero-order chi connectivity index (χ0) is 15.6. The Hall–Kier alpha value is -1.69. The van der Waals surface area contributed by atoms with Crippen molar-refractivity contribution in [2.24, 2.45) is 0 Å². The molecule has 1 amide bonds. The molecular formula is C17H22N4OS. The second-order valence-electron chi connectivity index (χ2n) is 6.54. The molecule has 6 heteroatoms. The van der Waals surface area contributed by atoms with E-state index in [-0.39, 0.29) is 5.91 Å². The molecule has 0 bridgehead atoms. The Morgan fingerprint density at radius 2 is 2.26 bits per heavy atom. The van der Waals surface area contributed by atoms with E-state index < -0.39 is 0 Å². The number of carbonyl (C=O) groups is 1.